The van der Waals surface area contributed by atoms with Crippen LogP contribution in [0.3, 0.4) is 0 Å². The monoisotopic (exact) mass is 391 g/mol. The molecule has 0 saturated heterocycles. The first-order valence-electron chi connectivity index (χ1n) is 10.9. The summed E-state index contributed by atoms with van der Waals surface area (Å²) in [7, 11) is 0. The molecular formula is C27H34FN. The molecule has 2 unspecified atom stereocenters. The number of pyridine rings is 1. The van der Waals surface area contributed by atoms with Crippen LogP contribution in [0.25, 0.3) is 16.3 Å². The topological polar surface area (TPSA) is 12.9 Å². The molecular weight excluding hydrogens is 357 g/mol. The van der Waals surface area contributed by atoms with Gasteiger partial charge in [0.2, 0.25) is 0 Å². The normalized spacial score (nSPS) is 20.9. The molecule has 1 heterocycles. The third kappa shape index (κ3) is 3.17. The SMILES string of the molecule is CC.CC=CC(C)C1CC=C(C)C2=C1c1nccc3c(F)c(C)cc(c13)C2(C)C. The molecule has 2 aromatic rings. The maximum absolute atomic E-state index is 15.0. The molecule has 0 amide bonds. The van der Waals surface area contributed by atoms with E-state index in [2.05, 4.69) is 52.8 Å². The lowest BCUT2D eigenvalue weighted by Gasteiger charge is -2.42. The van der Waals surface area contributed by atoms with Crippen LogP contribution in [0.2, 0.25) is 0 Å². The zero-order chi connectivity index (χ0) is 21.5. The third-order valence-electron chi connectivity index (χ3n) is 6.56. The Morgan fingerprint density at radius 3 is 2.59 bits per heavy atom. The summed E-state index contributed by atoms with van der Waals surface area (Å²) in [6.45, 7) is 17.0. The van der Waals surface area contributed by atoms with E-state index in [9.17, 15) is 4.39 Å². The van der Waals surface area contributed by atoms with Crippen molar-refractivity contribution < 1.29 is 4.39 Å². The Morgan fingerprint density at radius 1 is 1.24 bits per heavy atom. The zero-order valence-corrected chi connectivity index (χ0v) is 19.2. The van der Waals surface area contributed by atoms with Crippen LogP contribution in [0.4, 0.5) is 4.39 Å². The van der Waals surface area contributed by atoms with Gasteiger partial charge in [0.1, 0.15) is 5.82 Å². The quantitative estimate of drug-likeness (QED) is 0.474. The molecule has 2 heteroatoms. The van der Waals surface area contributed by atoms with Crippen molar-refractivity contribution in [1.29, 1.82) is 0 Å². The summed E-state index contributed by atoms with van der Waals surface area (Å²) < 4.78 is 15.0. The average Bonchev–Trinajstić information content (AvgIpc) is 2.70. The third-order valence-corrected chi connectivity index (χ3v) is 6.56. The Labute approximate surface area is 175 Å². The lowest BCUT2D eigenvalue weighted by molar-refractivity contribution is 0.506. The van der Waals surface area contributed by atoms with Crippen LogP contribution in [0, 0.1) is 24.6 Å². The van der Waals surface area contributed by atoms with Crippen molar-refractivity contribution in [3.8, 4) is 0 Å². The van der Waals surface area contributed by atoms with Crippen molar-refractivity contribution in [2.75, 3.05) is 0 Å². The first kappa shape index (κ1) is 21.5. The number of halogens is 1. The largest absolute Gasteiger partial charge is 0.256 e. The second-order valence-corrected chi connectivity index (χ2v) is 8.67. The number of hydrogen-bond donors (Lipinski definition) is 0. The molecule has 2 atom stereocenters. The van der Waals surface area contributed by atoms with E-state index in [-0.39, 0.29) is 11.2 Å². The Hall–Kier alpha value is -2.22. The van der Waals surface area contributed by atoms with E-state index >= 15 is 0 Å². The van der Waals surface area contributed by atoms with Gasteiger partial charge in [-0.05, 0) is 67.4 Å². The van der Waals surface area contributed by atoms with Gasteiger partial charge in [-0.2, -0.15) is 0 Å². The molecule has 154 valence electrons. The van der Waals surface area contributed by atoms with Gasteiger partial charge >= 0.3 is 0 Å². The molecule has 1 aromatic carbocycles. The summed E-state index contributed by atoms with van der Waals surface area (Å²) >= 11 is 0. The molecule has 0 spiro atoms. The van der Waals surface area contributed by atoms with E-state index in [1.165, 1.54) is 22.3 Å². The van der Waals surface area contributed by atoms with E-state index in [0.29, 0.717) is 22.8 Å². The van der Waals surface area contributed by atoms with Gasteiger partial charge < -0.3 is 0 Å². The minimum absolute atomic E-state index is 0.113. The number of nitrogens with zero attached hydrogens (tertiary/aromatic N) is 1. The van der Waals surface area contributed by atoms with Gasteiger partial charge in [-0.15, -0.1) is 0 Å². The minimum atomic E-state index is -0.170. The highest BCUT2D eigenvalue weighted by Crippen LogP contribution is 2.54. The molecule has 0 N–H and O–H groups in total. The van der Waals surface area contributed by atoms with E-state index in [1.54, 1.807) is 6.20 Å². The Kier molecular flexibility index (Phi) is 5.85. The van der Waals surface area contributed by atoms with Gasteiger partial charge in [0.05, 0.1) is 5.69 Å². The van der Waals surface area contributed by atoms with Gasteiger partial charge in [0.25, 0.3) is 0 Å². The standard InChI is InChI=1S/C25H28FN.C2H6/c1-7-8-14(2)17-10-9-15(3)22-21(17)24-20-18(11-12-27-24)23(26)16(4)13-19(20)25(22,5)6;1-2/h7-9,11-14,17H,10H2,1-6H3;1-2H3. The molecule has 0 saturated carbocycles. The second kappa shape index (κ2) is 7.89. The fourth-order valence-electron chi connectivity index (χ4n) is 5.27. The van der Waals surface area contributed by atoms with Gasteiger partial charge in [-0.1, -0.05) is 64.5 Å². The van der Waals surface area contributed by atoms with Crippen LogP contribution in [-0.4, -0.2) is 4.98 Å². The number of hydrogen-bond acceptors (Lipinski definition) is 1. The van der Waals surface area contributed by atoms with Crippen LogP contribution >= 0.6 is 0 Å². The van der Waals surface area contributed by atoms with Crippen LogP contribution in [0.5, 0.6) is 0 Å². The molecule has 29 heavy (non-hydrogen) atoms. The molecule has 0 aliphatic heterocycles. The summed E-state index contributed by atoms with van der Waals surface area (Å²) in [5.41, 5.74) is 6.78. The van der Waals surface area contributed by atoms with Crippen molar-refractivity contribution in [3.63, 3.8) is 0 Å². The fourth-order valence-corrected chi connectivity index (χ4v) is 5.27. The molecule has 0 bridgehead atoms. The first-order valence-corrected chi connectivity index (χ1v) is 10.9. The van der Waals surface area contributed by atoms with Crippen LogP contribution in [-0.2, 0) is 5.41 Å². The highest BCUT2D eigenvalue weighted by molar-refractivity contribution is 6.01. The van der Waals surface area contributed by atoms with E-state index in [4.69, 9.17) is 4.98 Å². The predicted molar refractivity (Wildman–Crippen MR) is 124 cm³/mol. The van der Waals surface area contributed by atoms with Gasteiger partial charge in [0, 0.05) is 22.4 Å². The number of benzene rings is 1. The average molecular weight is 392 g/mol. The lowest BCUT2D eigenvalue weighted by Crippen LogP contribution is -2.32. The van der Waals surface area contributed by atoms with E-state index < -0.39 is 0 Å². The maximum atomic E-state index is 15.0. The molecule has 0 fully saturated rings. The second-order valence-electron chi connectivity index (χ2n) is 8.67. The summed E-state index contributed by atoms with van der Waals surface area (Å²) in [6.07, 6.45) is 9.58. The highest BCUT2D eigenvalue weighted by atomic mass is 19.1. The number of fused-ring (bicyclic) bond motifs is 1. The van der Waals surface area contributed by atoms with Crippen molar-refractivity contribution in [3.05, 3.63) is 70.3 Å². The molecule has 4 rings (SSSR count). The van der Waals surface area contributed by atoms with Crippen LogP contribution in [0.15, 0.2) is 47.7 Å². The maximum Gasteiger partial charge on any atom is 0.134 e. The molecule has 0 radical (unpaired) electrons. The minimum Gasteiger partial charge on any atom is -0.256 e. The number of aromatic nitrogens is 1. The van der Waals surface area contributed by atoms with Crippen molar-refractivity contribution in [2.24, 2.45) is 11.8 Å². The van der Waals surface area contributed by atoms with Gasteiger partial charge in [-0.3, -0.25) is 4.98 Å². The highest BCUT2D eigenvalue weighted by Gasteiger charge is 2.42. The fraction of sp³-hybridized carbons (Fsp3) is 0.444. The van der Waals surface area contributed by atoms with Gasteiger partial charge in [0.15, 0.2) is 0 Å². The Balaban J connectivity index is 0.00000117. The Bertz CT molecular complexity index is 1040. The van der Waals surface area contributed by atoms with Crippen molar-refractivity contribution in [1.82, 2.24) is 4.98 Å². The molecule has 2 aliphatic carbocycles. The number of aryl methyl sites for hydroxylation is 1. The summed E-state index contributed by atoms with van der Waals surface area (Å²) in [6, 6.07) is 3.88. The van der Waals surface area contributed by atoms with Crippen molar-refractivity contribution in [2.45, 2.75) is 67.2 Å². The summed E-state index contributed by atoms with van der Waals surface area (Å²) in [5, 5.41) is 1.72. The van der Waals surface area contributed by atoms with Crippen LogP contribution in [0.1, 0.15) is 71.7 Å². The predicted octanol–water partition coefficient (Wildman–Crippen LogP) is 7.93. The Morgan fingerprint density at radius 2 is 1.93 bits per heavy atom. The smallest absolute Gasteiger partial charge is 0.134 e. The zero-order valence-electron chi connectivity index (χ0n) is 19.2. The van der Waals surface area contributed by atoms with Crippen molar-refractivity contribution >= 4 is 16.3 Å². The molecule has 2 aliphatic rings. The molecule has 1 nitrogen and oxygen atoms in total. The summed E-state index contributed by atoms with van der Waals surface area (Å²) in [4.78, 5) is 4.81. The van der Waals surface area contributed by atoms with Gasteiger partial charge in [-0.25, -0.2) is 4.39 Å². The van der Waals surface area contributed by atoms with Crippen LogP contribution < -0.4 is 0 Å². The lowest BCUT2D eigenvalue weighted by atomic mass is 9.61. The van der Waals surface area contributed by atoms with E-state index in [0.717, 1.165) is 17.5 Å². The summed E-state index contributed by atoms with van der Waals surface area (Å²) in [5.74, 6) is 0.669. The first-order chi connectivity index (χ1) is 13.8. The number of rotatable bonds is 2. The number of allylic oxidation sites excluding steroid dienone is 6. The molecule has 1 aromatic heterocycles. The van der Waals surface area contributed by atoms with E-state index in [1.807, 2.05) is 32.9 Å².